The fraction of sp³-hybridized carbons (Fsp3) is 0.179. The van der Waals surface area contributed by atoms with Crippen LogP contribution >= 0.6 is 0 Å². The Morgan fingerprint density at radius 3 is 2.34 bits per heavy atom. The normalized spacial score (nSPS) is 11.9. The molecule has 0 fully saturated rings. The summed E-state index contributed by atoms with van der Waals surface area (Å²) in [6.45, 7) is 4.89. The van der Waals surface area contributed by atoms with Gasteiger partial charge in [-0.1, -0.05) is 0 Å². The van der Waals surface area contributed by atoms with Gasteiger partial charge < -0.3 is 19.8 Å². The summed E-state index contributed by atoms with van der Waals surface area (Å²) in [7, 11) is 0. The Labute approximate surface area is 231 Å². The van der Waals surface area contributed by atoms with Crippen molar-refractivity contribution in [3.63, 3.8) is 0 Å². The maximum Gasteiger partial charge on any atom is 0.435 e. The maximum absolute atomic E-state index is 13.4. The van der Waals surface area contributed by atoms with Crippen LogP contribution in [-0.2, 0) is 10.9 Å². The van der Waals surface area contributed by atoms with Crippen molar-refractivity contribution in [3.8, 4) is 23.0 Å². The molecule has 41 heavy (non-hydrogen) atoms. The van der Waals surface area contributed by atoms with E-state index in [1.807, 2.05) is 0 Å². The van der Waals surface area contributed by atoms with Crippen molar-refractivity contribution in [2.75, 3.05) is 5.32 Å². The number of aromatic amines is 1. The molecule has 10 nitrogen and oxygen atoms in total. The smallest absolute Gasteiger partial charge is 0.435 e. The fourth-order valence-electron chi connectivity index (χ4n) is 3.85. The summed E-state index contributed by atoms with van der Waals surface area (Å²) in [5, 5.41) is 6.46. The maximum atomic E-state index is 13.4. The molecule has 0 unspecified atom stereocenters. The second-order valence-corrected chi connectivity index (χ2v) is 9.87. The first-order chi connectivity index (χ1) is 19.4. The highest BCUT2D eigenvalue weighted by Crippen LogP contribution is 2.33. The first-order valence-electron chi connectivity index (χ1n) is 12.3. The van der Waals surface area contributed by atoms with Gasteiger partial charge in [0.25, 0.3) is 5.91 Å². The predicted molar refractivity (Wildman–Crippen MR) is 143 cm³/mol. The topological polar surface area (TPSA) is 124 Å². The zero-order valence-corrected chi connectivity index (χ0v) is 22.0. The third-order valence-corrected chi connectivity index (χ3v) is 5.61. The molecule has 0 aliphatic rings. The molecule has 0 saturated carbocycles. The second-order valence-electron chi connectivity index (χ2n) is 9.87. The van der Waals surface area contributed by atoms with Crippen molar-refractivity contribution in [3.05, 3.63) is 84.4 Å². The van der Waals surface area contributed by atoms with Gasteiger partial charge in [-0.3, -0.25) is 9.78 Å². The molecular weight excluding hydrogens is 541 g/mol. The zero-order chi connectivity index (χ0) is 29.4. The number of hydrogen-bond acceptors (Lipinski definition) is 7. The van der Waals surface area contributed by atoms with E-state index in [9.17, 15) is 22.8 Å². The molecule has 3 heterocycles. The molecule has 0 saturated heterocycles. The summed E-state index contributed by atoms with van der Waals surface area (Å²) in [6.07, 6.45) is -0.740. The Kier molecular flexibility index (Phi) is 6.95. The first-order valence-corrected chi connectivity index (χ1v) is 12.3. The predicted octanol–water partition coefficient (Wildman–Crippen LogP) is 6.67. The van der Waals surface area contributed by atoms with Gasteiger partial charge in [0.2, 0.25) is 0 Å². The number of amides is 1. The molecule has 5 aromatic rings. The summed E-state index contributed by atoms with van der Waals surface area (Å²) in [6, 6.07) is 12.3. The Bertz CT molecular complexity index is 1720. The number of fused-ring (bicyclic) bond motifs is 1. The van der Waals surface area contributed by atoms with E-state index in [0.29, 0.717) is 28.7 Å². The number of carbonyl (C=O) groups is 2. The minimum Gasteiger partial charge on any atom is -0.457 e. The number of H-pyrrole nitrogens is 1. The van der Waals surface area contributed by atoms with Crippen molar-refractivity contribution in [1.29, 1.82) is 0 Å². The fourth-order valence-corrected chi connectivity index (χ4v) is 3.85. The highest BCUT2D eigenvalue weighted by atomic mass is 19.4. The lowest BCUT2D eigenvalue weighted by atomic mass is 10.1. The van der Waals surface area contributed by atoms with Crippen molar-refractivity contribution >= 4 is 28.6 Å². The van der Waals surface area contributed by atoms with E-state index in [2.05, 4.69) is 25.4 Å². The van der Waals surface area contributed by atoms with Crippen molar-refractivity contribution in [1.82, 2.24) is 24.7 Å². The van der Waals surface area contributed by atoms with Gasteiger partial charge in [0.1, 0.15) is 22.8 Å². The molecule has 0 bridgehead atoms. The number of pyridine rings is 1. The number of hydrogen-bond donors (Lipinski definition) is 2. The van der Waals surface area contributed by atoms with E-state index in [-0.39, 0.29) is 16.6 Å². The lowest BCUT2D eigenvalue weighted by molar-refractivity contribution is -0.137. The van der Waals surface area contributed by atoms with Crippen LogP contribution in [0, 0.1) is 0 Å². The van der Waals surface area contributed by atoms with Crippen LogP contribution in [0.25, 0.3) is 22.4 Å². The Balaban J connectivity index is 1.38. The average molecular weight is 565 g/mol. The Morgan fingerprint density at radius 2 is 1.68 bits per heavy atom. The van der Waals surface area contributed by atoms with Crippen LogP contribution in [-0.4, -0.2) is 42.3 Å². The molecule has 13 heteroatoms. The number of nitrogens with zero attached hydrogens (tertiary/aromatic N) is 4. The Morgan fingerprint density at radius 1 is 0.927 bits per heavy atom. The largest absolute Gasteiger partial charge is 0.457 e. The molecule has 0 atom stereocenters. The number of benzene rings is 2. The van der Waals surface area contributed by atoms with Crippen LogP contribution < -0.4 is 10.1 Å². The summed E-state index contributed by atoms with van der Waals surface area (Å²) in [5.41, 5.74) is -1.37. The first kappa shape index (κ1) is 27.4. The van der Waals surface area contributed by atoms with Gasteiger partial charge in [-0.2, -0.15) is 23.0 Å². The van der Waals surface area contributed by atoms with Crippen LogP contribution in [0.1, 0.15) is 36.8 Å². The minimum absolute atomic E-state index is 0.00702. The lowest BCUT2D eigenvalue weighted by Gasteiger charge is -2.19. The highest BCUT2D eigenvalue weighted by molar-refractivity contribution is 6.12. The van der Waals surface area contributed by atoms with Crippen LogP contribution in [0.5, 0.6) is 11.5 Å². The van der Waals surface area contributed by atoms with Crippen molar-refractivity contribution in [2.24, 2.45) is 0 Å². The van der Waals surface area contributed by atoms with Crippen LogP contribution in [0.3, 0.4) is 0 Å². The number of ether oxygens (including phenoxy) is 2. The highest BCUT2D eigenvalue weighted by Gasteiger charge is 2.33. The number of rotatable bonds is 5. The van der Waals surface area contributed by atoms with Crippen LogP contribution in [0.4, 0.5) is 23.7 Å². The Hall–Kier alpha value is -5.20. The number of carbonyl (C=O) groups excluding carboxylic acids is 2. The van der Waals surface area contributed by atoms with E-state index in [1.54, 1.807) is 75.8 Å². The van der Waals surface area contributed by atoms with Gasteiger partial charge >= 0.3 is 12.3 Å². The summed E-state index contributed by atoms with van der Waals surface area (Å²) < 4.78 is 52.3. The molecular formula is C28H23F3N6O4. The van der Waals surface area contributed by atoms with Gasteiger partial charge in [0, 0.05) is 35.7 Å². The standard InChI is InChI=1S/C28H23F3N6O4/c1-27(2,3)41-26(39)37-22-9-4-16(28(29,30)31)14-20(22)23(36-37)25(38)35-17-5-7-18(8-6-17)40-19-10-11-32-21(15-19)24-33-12-13-34-24/h4-15H,1-3H3,(H,33,34)(H,35,38). The summed E-state index contributed by atoms with van der Waals surface area (Å²) >= 11 is 0. The molecule has 0 aliphatic heterocycles. The molecule has 1 amide bonds. The quantitative estimate of drug-likeness (QED) is 0.244. The number of alkyl halides is 3. The van der Waals surface area contributed by atoms with E-state index in [1.165, 1.54) is 0 Å². The van der Waals surface area contributed by atoms with Crippen LogP contribution in [0.15, 0.2) is 73.2 Å². The minimum atomic E-state index is -4.67. The van der Waals surface area contributed by atoms with Gasteiger partial charge in [-0.15, -0.1) is 0 Å². The van der Waals surface area contributed by atoms with E-state index >= 15 is 0 Å². The molecule has 2 N–H and O–H groups in total. The third kappa shape index (κ3) is 6.19. The molecule has 2 aromatic carbocycles. The van der Waals surface area contributed by atoms with E-state index in [4.69, 9.17) is 9.47 Å². The monoisotopic (exact) mass is 564 g/mol. The second kappa shape index (κ2) is 10.4. The number of nitrogens with one attached hydrogen (secondary N) is 2. The number of anilines is 1. The number of aromatic nitrogens is 5. The van der Waals surface area contributed by atoms with E-state index < -0.39 is 29.3 Å². The molecule has 210 valence electrons. The van der Waals surface area contributed by atoms with Crippen LogP contribution in [0.2, 0.25) is 0 Å². The van der Waals surface area contributed by atoms with Gasteiger partial charge in [-0.05, 0) is 69.3 Å². The molecule has 0 aliphatic carbocycles. The molecule has 0 radical (unpaired) electrons. The van der Waals surface area contributed by atoms with Crippen molar-refractivity contribution in [2.45, 2.75) is 32.5 Å². The summed E-state index contributed by atoms with van der Waals surface area (Å²) in [4.78, 5) is 37.3. The van der Waals surface area contributed by atoms with Gasteiger partial charge in [0.05, 0.1) is 11.1 Å². The number of halogens is 3. The van der Waals surface area contributed by atoms with E-state index in [0.717, 1.165) is 22.9 Å². The SMILES string of the molecule is CC(C)(C)OC(=O)n1nc(C(=O)Nc2ccc(Oc3ccnc(-c4ncc[nH]4)c3)cc2)c2cc(C(F)(F)F)ccc21. The molecule has 3 aromatic heterocycles. The third-order valence-electron chi connectivity index (χ3n) is 5.61. The van der Waals surface area contributed by atoms with Crippen molar-refractivity contribution < 1.29 is 32.2 Å². The van der Waals surface area contributed by atoms with Gasteiger partial charge in [-0.25, -0.2) is 9.78 Å². The lowest BCUT2D eigenvalue weighted by Crippen LogP contribution is -2.28. The number of imidazole rings is 1. The molecule has 5 rings (SSSR count). The van der Waals surface area contributed by atoms with Gasteiger partial charge in [0.15, 0.2) is 11.5 Å². The zero-order valence-electron chi connectivity index (χ0n) is 22.0. The average Bonchev–Trinajstić information content (AvgIpc) is 3.57. The summed E-state index contributed by atoms with van der Waals surface area (Å²) in [5.74, 6) is 0.719. The molecule has 0 spiro atoms.